The number of ether oxygens (including phenoxy) is 2. The molecule has 0 fully saturated rings. The Morgan fingerprint density at radius 2 is 2.12 bits per heavy atom. The minimum absolute atomic E-state index is 0.220. The number of fused-ring (bicyclic) bond motifs is 1. The summed E-state index contributed by atoms with van der Waals surface area (Å²) in [6.45, 7) is 3.25. The number of aromatic nitrogens is 1. The second-order valence-corrected chi connectivity index (χ2v) is 10.0. The molecule has 1 aliphatic rings. The van der Waals surface area contributed by atoms with E-state index in [1.54, 1.807) is 42.7 Å². The molecule has 1 N–H and O–H groups in total. The van der Waals surface area contributed by atoms with E-state index in [1.807, 2.05) is 17.5 Å². The van der Waals surface area contributed by atoms with Gasteiger partial charge < -0.3 is 14.6 Å². The van der Waals surface area contributed by atoms with Crippen molar-refractivity contribution < 1.29 is 24.2 Å². The Morgan fingerprint density at radius 3 is 2.76 bits per heavy atom. The molecular formula is C23H19BrN2O6S2. The number of halogens is 1. The third-order valence-corrected chi connectivity index (χ3v) is 7.46. The summed E-state index contributed by atoms with van der Waals surface area (Å²) in [4.78, 5) is 42.9. The molecule has 3 aromatic rings. The highest BCUT2D eigenvalue weighted by Crippen LogP contribution is 2.33. The van der Waals surface area contributed by atoms with E-state index in [4.69, 9.17) is 14.6 Å². The average molecular weight is 563 g/mol. The van der Waals surface area contributed by atoms with E-state index in [1.165, 1.54) is 22.7 Å². The Hall–Kier alpha value is -3.02. The minimum Gasteiger partial charge on any atom is -0.481 e. The van der Waals surface area contributed by atoms with Crippen molar-refractivity contribution in [2.45, 2.75) is 19.9 Å². The fourth-order valence-corrected chi connectivity index (χ4v) is 5.90. The number of esters is 1. The Balaban J connectivity index is 1.81. The molecule has 0 bridgehead atoms. The van der Waals surface area contributed by atoms with Gasteiger partial charge in [0.25, 0.3) is 5.56 Å². The van der Waals surface area contributed by atoms with Gasteiger partial charge in [0.15, 0.2) is 11.4 Å². The molecule has 8 nitrogen and oxygen atoms in total. The number of carboxylic acid groups (broad SMARTS) is 1. The van der Waals surface area contributed by atoms with Crippen LogP contribution in [0.3, 0.4) is 0 Å². The van der Waals surface area contributed by atoms with Crippen LogP contribution in [0.25, 0.3) is 6.08 Å². The summed E-state index contributed by atoms with van der Waals surface area (Å²) in [6.07, 6.45) is 1.73. The van der Waals surface area contributed by atoms with Gasteiger partial charge in [-0.05, 0) is 65.0 Å². The predicted octanol–water partition coefficient (Wildman–Crippen LogP) is 3.09. The first-order valence-electron chi connectivity index (χ1n) is 10.2. The van der Waals surface area contributed by atoms with Crippen LogP contribution in [0.5, 0.6) is 5.75 Å². The van der Waals surface area contributed by atoms with Crippen molar-refractivity contribution >= 4 is 56.6 Å². The molecule has 2 aromatic heterocycles. The molecule has 3 heterocycles. The summed E-state index contributed by atoms with van der Waals surface area (Å²) in [5, 5.41) is 10.7. The number of thiophene rings is 1. The van der Waals surface area contributed by atoms with Gasteiger partial charge in [0.2, 0.25) is 0 Å². The maximum Gasteiger partial charge on any atom is 0.341 e. The molecule has 0 aliphatic carbocycles. The summed E-state index contributed by atoms with van der Waals surface area (Å²) in [5.74, 6) is -1.18. The zero-order valence-corrected chi connectivity index (χ0v) is 21.3. The number of hydrogen-bond acceptors (Lipinski definition) is 8. The molecule has 0 saturated heterocycles. The normalized spacial score (nSPS) is 15.6. The lowest BCUT2D eigenvalue weighted by molar-refractivity contribution is -0.140. The number of allylic oxidation sites excluding steroid dienone is 1. The van der Waals surface area contributed by atoms with Gasteiger partial charge in [0.1, 0.15) is 11.8 Å². The van der Waals surface area contributed by atoms with Crippen LogP contribution in [0.1, 0.15) is 30.3 Å². The number of carboxylic acids is 1. The zero-order chi connectivity index (χ0) is 24.4. The molecule has 0 amide bonds. The van der Waals surface area contributed by atoms with Crippen LogP contribution in [0.2, 0.25) is 0 Å². The molecule has 1 aliphatic heterocycles. The van der Waals surface area contributed by atoms with Crippen molar-refractivity contribution in [3.05, 3.63) is 81.6 Å². The lowest BCUT2D eigenvalue weighted by atomic mass is 10.0. The van der Waals surface area contributed by atoms with Crippen LogP contribution in [-0.4, -0.2) is 34.8 Å². The van der Waals surface area contributed by atoms with Gasteiger partial charge >= 0.3 is 11.9 Å². The summed E-state index contributed by atoms with van der Waals surface area (Å²) >= 11 is 6.07. The molecule has 34 heavy (non-hydrogen) atoms. The number of thiazole rings is 1. The topological polar surface area (TPSA) is 107 Å². The van der Waals surface area contributed by atoms with Crippen LogP contribution < -0.4 is 19.6 Å². The Morgan fingerprint density at radius 1 is 1.32 bits per heavy atom. The van der Waals surface area contributed by atoms with E-state index in [0.29, 0.717) is 36.4 Å². The SMILES string of the molecule is CCOC(=O)C1=C(C)N=c2s/c(=C/c3ccc(OCC(=O)O)c(Br)c3)c(=O)n2[C@@H]1c1cccs1. The number of carbonyl (C=O) groups is 2. The molecule has 0 saturated carbocycles. The van der Waals surface area contributed by atoms with E-state index in [-0.39, 0.29) is 12.2 Å². The van der Waals surface area contributed by atoms with Gasteiger partial charge in [-0.2, -0.15) is 0 Å². The Labute approximate surface area is 210 Å². The van der Waals surface area contributed by atoms with Crippen LogP contribution in [0, 0.1) is 0 Å². The molecule has 0 spiro atoms. The lowest BCUT2D eigenvalue weighted by Gasteiger charge is -2.23. The number of rotatable bonds is 7. The lowest BCUT2D eigenvalue weighted by Crippen LogP contribution is -2.39. The van der Waals surface area contributed by atoms with Gasteiger partial charge in [-0.3, -0.25) is 9.36 Å². The fraction of sp³-hybridized carbons (Fsp3) is 0.217. The van der Waals surface area contributed by atoms with Gasteiger partial charge in [-0.25, -0.2) is 14.6 Å². The highest BCUT2D eigenvalue weighted by Gasteiger charge is 2.33. The molecule has 11 heteroatoms. The largest absolute Gasteiger partial charge is 0.481 e. The van der Waals surface area contributed by atoms with Gasteiger partial charge in [0, 0.05) is 4.88 Å². The van der Waals surface area contributed by atoms with E-state index < -0.39 is 24.6 Å². The number of benzene rings is 1. The van der Waals surface area contributed by atoms with Gasteiger partial charge in [-0.1, -0.05) is 23.5 Å². The van der Waals surface area contributed by atoms with Crippen LogP contribution in [-0.2, 0) is 14.3 Å². The van der Waals surface area contributed by atoms with Crippen molar-refractivity contribution in [2.75, 3.05) is 13.2 Å². The first-order valence-corrected chi connectivity index (χ1v) is 12.7. The van der Waals surface area contributed by atoms with Crippen LogP contribution in [0.15, 0.2) is 61.2 Å². The number of carbonyl (C=O) groups excluding carboxylic acids is 1. The third kappa shape index (κ3) is 4.77. The number of aliphatic carboxylic acids is 1. The first kappa shape index (κ1) is 24.1. The smallest absolute Gasteiger partial charge is 0.341 e. The summed E-state index contributed by atoms with van der Waals surface area (Å²) < 4.78 is 13.1. The molecular weight excluding hydrogens is 544 g/mol. The average Bonchev–Trinajstić information content (AvgIpc) is 3.41. The second-order valence-electron chi connectivity index (χ2n) is 7.19. The molecule has 1 aromatic carbocycles. The van der Waals surface area contributed by atoms with Crippen molar-refractivity contribution in [1.29, 1.82) is 0 Å². The Kier molecular flexibility index (Phi) is 7.15. The Bertz CT molecular complexity index is 1470. The van der Waals surface area contributed by atoms with E-state index >= 15 is 0 Å². The summed E-state index contributed by atoms with van der Waals surface area (Å²) in [7, 11) is 0. The van der Waals surface area contributed by atoms with Gasteiger partial charge in [0.05, 0.1) is 26.9 Å². The summed E-state index contributed by atoms with van der Waals surface area (Å²) in [6, 6.07) is 8.24. The number of hydrogen-bond donors (Lipinski definition) is 1. The van der Waals surface area contributed by atoms with Crippen LogP contribution in [0.4, 0.5) is 0 Å². The molecule has 0 radical (unpaired) electrons. The van der Waals surface area contributed by atoms with Crippen molar-refractivity contribution in [3.63, 3.8) is 0 Å². The molecule has 4 rings (SSSR count). The summed E-state index contributed by atoms with van der Waals surface area (Å²) in [5.41, 5.74) is 1.32. The second kappa shape index (κ2) is 10.1. The van der Waals surface area contributed by atoms with Crippen molar-refractivity contribution in [2.24, 2.45) is 4.99 Å². The maximum atomic E-state index is 13.5. The van der Waals surface area contributed by atoms with E-state index in [0.717, 1.165) is 4.88 Å². The zero-order valence-electron chi connectivity index (χ0n) is 18.1. The third-order valence-electron chi connectivity index (χ3n) is 4.93. The number of nitrogens with zero attached hydrogens (tertiary/aromatic N) is 2. The van der Waals surface area contributed by atoms with Crippen molar-refractivity contribution in [1.82, 2.24) is 4.57 Å². The molecule has 0 unspecified atom stereocenters. The molecule has 1 atom stereocenters. The minimum atomic E-state index is -1.07. The standard InChI is InChI=1S/C23H19BrN2O6S2/c1-3-31-22(30)19-12(2)25-23-26(20(19)16-5-4-8-33-16)21(29)17(34-23)10-13-6-7-15(14(24)9-13)32-11-18(27)28/h4-10,20H,3,11H2,1-2H3,(H,27,28)/b17-10+/t20-/m1/s1. The maximum absolute atomic E-state index is 13.5. The van der Waals surface area contributed by atoms with Crippen molar-refractivity contribution in [3.8, 4) is 5.75 Å². The quantitative estimate of drug-likeness (QED) is 0.443. The molecule has 176 valence electrons. The van der Waals surface area contributed by atoms with Gasteiger partial charge in [-0.15, -0.1) is 11.3 Å². The monoisotopic (exact) mass is 562 g/mol. The first-order chi connectivity index (χ1) is 16.3. The predicted molar refractivity (Wildman–Crippen MR) is 132 cm³/mol. The van der Waals surface area contributed by atoms with E-state index in [9.17, 15) is 14.4 Å². The van der Waals surface area contributed by atoms with Crippen LogP contribution >= 0.6 is 38.6 Å². The fourth-order valence-electron chi connectivity index (χ4n) is 3.52. The van der Waals surface area contributed by atoms with E-state index in [2.05, 4.69) is 20.9 Å². The highest BCUT2D eigenvalue weighted by molar-refractivity contribution is 9.10. The highest BCUT2D eigenvalue weighted by atomic mass is 79.9.